The van der Waals surface area contributed by atoms with Crippen LogP contribution in [-0.2, 0) is 13.5 Å². The van der Waals surface area contributed by atoms with Crippen molar-refractivity contribution in [2.24, 2.45) is 7.05 Å². The second-order valence-electron chi connectivity index (χ2n) is 3.38. The lowest BCUT2D eigenvalue weighted by atomic mass is 10.2. The van der Waals surface area contributed by atoms with Gasteiger partial charge in [-0.2, -0.15) is 4.57 Å². The fraction of sp³-hybridized carbons (Fsp3) is 0.364. The molecule has 0 saturated heterocycles. The maximum Gasteiger partial charge on any atom is 0.237 e. The SMILES string of the molecule is CCc1sc2cc(C)ccc2[n+]1C. The molecule has 1 heterocycles. The minimum absolute atomic E-state index is 1.12. The minimum atomic E-state index is 1.12. The van der Waals surface area contributed by atoms with Crippen molar-refractivity contribution in [1.82, 2.24) is 0 Å². The molecule has 1 aromatic carbocycles. The number of rotatable bonds is 1. The molecule has 0 aliphatic heterocycles. The van der Waals surface area contributed by atoms with Crippen LogP contribution in [0.5, 0.6) is 0 Å². The fourth-order valence-electron chi connectivity index (χ4n) is 1.62. The highest BCUT2D eigenvalue weighted by Crippen LogP contribution is 2.21. The summed E-state index contributed by atoms with van der Waals surface area (Å²) < 4.78 is 3.69. The van der Waals surface area contributed by atoms with Crippen molar-refractivity contribution in [2.45, 2.75) is 20.3 Å². The zero-order chi connectivity index (χ0) is 9.42. The zero-order valence-electron chi connectivity index (χ0n) is 8.29. The molecule has 13 heavy (non-hydrogen) atoms. The molecule has 0 unspecified atom stereocenters. The van der Waals surface area contributed by atoms with Crippen molar-refractivity contribution in [3.8, 4) is 0 Å². The molecule has 0 atom stereocenters. The van der Waals surface area contributed by atoms with Gasteiger partial charge in [0, 0.05) is 12.5 Å². The first-order valence-corrected chi connectivity index (χ1v) is 5.42. The van der Waals surface area contributed by atoms with Gasteiger partial charge in [-0.05, 0) is 18.6 Å². The molecule has 1 nitrogen and oxygen atoms in total. The fourth-order valence-corrected chi connectivity index (χ4v) is 2.81. The van der Waals surface area contributed by atoms with E-state index in [0.717, 1.165) is 6.42 Å². The van der Waals surface area contributed by atoms with Crippen LogP contribution in [0.3, 0.4) is 0 Å². The van der Waals surface area contributed by atoms with E-state index in [2.05, 4.69) is 43.7 Å². The number of hydrogen-bond donors (Lipinski definition) is 0. The summed E-state index contributed by atoms with van der Waals surface area (Å²) in [6, 6.07) is 6.65. The normalized spacial score (nSPS) is 11.0. The molecule has 0 saturated carbocycles. The van der Waals surface area contributed by atoms with Gasteiger partial charge in [-0.3, -0.25) is 0 Å². The van der Waals surface area contributed by atoms with Crippen molar-refractivity contribution in [3.63, 3.8) is 0 Å². The maximum atomic E-state index is 2.29. The topological polar surface area (TPSA) is 3.88 Å². The van der Waals surface area contributed by atoms with Crippen molar-refractivity contribution < 1.29 is 4.57 Å². The van der Waals surface area contributed by atoms with Gasteiger partial charge < -0.3 is 0 Å². The number of fused-ring (bicyclic) bond motifs is 1. The predicted molar refractivity (Wildman–Crippen MR) is 57.1 cm³/mol. The van der Waals surface area contributed by atoms with E-state index in [0.29, 0.717) is 0 Å². The van der Waals surface area contributed by atoms with Crippen LogP contribution in [0.2, 0.25) is 0 Å². The number of aromatic nitrogens is 1. The van der Waals surface area contributed by atoms with Gasteiger partial charge in [0.05, 0.1) is 0 Å². The highest BCUT2D eigenvalue weighted by atomic mass is 32.1. The van der Waals surface area contributed by atoms with Gasteiger partial charge >= 0.3 is 0 Å². The molecule has 2 aromatic rings. The molecular weight excluding hydrogens is 178 g/mol. The highest BCUT2D eigenvalue weighted by molar-refractivity contribution is 7.18. The van der Waals surface area contributed by atoms with Crippen LogP contribution >= 0.6 is 11.3 Å². The second kappa shape index (κ2) is 3.11. The van der Waals surface area contributed by atoms with Crippen molar-refractivity contribution in [2.75, 3.05) is 0 Å². The number of aryl methyl sites for hydroxylation is 3. The van der Waals surface area contributed by atoms with Crippen molar-refractivity contribution in [3.05, 3.63) is 28.8 Å². The molecule has 0 radical (unpaired) electrons. The lowest BCUT2D eigenvalue weighted by molar-refractivity contribution is -0.647. The molecule has 1 aromatic heterocycles. The molecule has 68 valence electrons. The quantitative estimate of drug-likeness (QED) is 0.611. The lowest BCUT2D eigenvalue weighted by Crippen LogP contribution is -2.30. The van der Waals surface area contributed by atoms with E-state index in [4.69, 9.17) is 0 Å². The molecule has 2 rings (SSSR count). The Labute approximate surface area is 82.6 Å². The molecule has 0 amide bonds. The van der Waals surface area contributed by atoms with Gasteiger partial charge in [-0.15, -0.1) is 0 Å². The molecule has 0 fully saturated rings. The predicted octanol–water partition coefficient (Wildman–Crippen LogP) is 2.60. The van der Waals surface area contributed by atoms with Gasteiger partial charge in [0.1, 0.15) is 11.7 Å². The Morgan fingerprint density at radius 3 is 2.85 bits per heavy atom. The van der Waals surface area contributed by atoms with Crippen molar-refractivity contribution >= 4 is 21.6 Å². The summed E-state index contributed by atoms with van der Waals surface area (Å²) in [4.78, 5) is 0. The molecule has 2 heteroatoms. The third-order valence-electron chi connectivity index (χ3n) is 2.38. The summed E-state index contributed by atoms with van der Waals surface area (Å²) >= 11 is 1.90. The van der Waals surface area contributed by atoms with Crippen LogP contribution in [0.15, 0.2) is 18.2 Å². The lowest BCUT2D eigenvalue weighted by Gasteiger charge is -1.88. The second-order valence-corrected chi connectivity index (χ2v) is 4.49. The third-order valence-corrected chi connectivity index (χ3v) is 3.73. The minimum Gasteiger partial charge on any atom is -0.189 e. The Hall–Kier alpha value is -0.890. The molecule has 0 N–H and O–H groups in total. The monoisotopic (exact) mass is 192 g/mol. The molecule has 0 aliphatic carbocycles. The largest absolute Gasteiger partial charge is 0.237 e. The van der Waals surface area contributed by atoms with Gasteiger partial charge in [0.2, 0.25) is 10.5 Å². The molecule has 0 bridgehead atoms. The first-order valence-electron chi connectivity index (χ1n) is 4.60. The van der Waals surface area contributed by atoms with Crippen LogP contribution in [0.25, 0.3) is 10.2 Å². The first-order chi connectivity index (χ1) is 6.22. The highest BCUT2D eigenvalue weighted by Gasteiger charge is 2.14. The average Bonchev–Trinajstić information content (AvgIpc) is 2.42. The van der Waals surface area contributed by atoms with E-state index in [1.165, 1.54) is 20.8 Å². The summed E-state index contributed by atoms with van der Waals surface area (Å²) in [7, 11) is 2.15. The van der Waals surface area contributed by atoms with Crippen LogP contribution < -0.4 is 4.57 Å². The van der Waals surface area contributed by atoms with Crippen LogP contribution in [0.1, 0.15) is 17.5 Å². The summed E-state index contributed by atoms with van der Waals surface area (Å²) in [5, 5.41) is 1.45. The van der Waals surface area contributed by atoms with E-state index >= 15 is 0 Å². The Morgan fingerprint density at radius 1 is 1.38 bits per heavy atom. The summed E-state index contributed by atoms with van der Waals surface area (Å²) in [6.45, 7) is 4.35. The van der Waals surface area contributed by atoms with Gasteiger partial charge in [-0.25, -0.2) is 0 Å². The van der Waals surface area contributed by atoms with E-state index in [-0.39, 0.29) is 0 Å². The Morgan fingerprint density at radius 2 is 2.15 bits per heavy atom. The molecular formula is C11H14NS+. The maximum absolute atomic E-state index is 2.29. The van der Waals surface area contributed by atoms with E-state index < -0.39 is 0 Å². The van der Waals surface area contributed by atoms with Crippen molar-refractivity contribution in [1.29, 1.82) is 0 Å². The number of hydrogen-bond acceptors (Lipinski definition) is 1. The molecule has 0 aliphatic rings. The van der Waals surface area contributed by atoms with E-state index in [1.54, 1.807) is 0 Å². The van der Waals surface area contributed by atoms with Gasteiger partial charge in [0.15, 0.2) is 0 Å². The van der Waals surface area contributed by atoms with Gasteiger partial charge in [0.25, 0.3) is 0 Å². The zero-order valence-corrected chi connectivity index (χ0v) is 9.11. The van der Waals surface area contributed by atoms with Crippen LogP contribution in [-0.4, -0.2) is 0 Å². The summed E-state index contributed by atoms with van der Waals surface area (Å²) in [5.41, 5.74) is 2.70. The Balaban J connectivity index is 2.76. The van der Waals surface area contributed by atoms with Crippen LogP contribution in [0, 0.1) is 6.92 Å². The van der Waals surface area contributed by atoms with Gasteiger partial charge in [-0.1, -0.05) is 24.3 Å². The number of thiazole rings is 1. The Bertz CT molecular complexity index is 443. The summed E-state index contributed by atoms with van der Waals surface area (Å²) in [5.74, 6) is 0. The van der Waals surface area contributed by atoms with E-state index in [1.807, 2.05) is 11.3 Å². The number of benzene rings is 1. The first kappa shape index (κ1) is 8.70. The Kier molecular flexibility index (Phi) is 2.08. The van der Waals surface area contributed by atoms with Crippen LogP contribution in [0.4, 0.5) is 0 Å². The number of nitrogens with zero attached hydrogens (tertiary/aromatic N) is 1. The smallest absolute Gasteiger partial charge is 0.189 e. The molecule has 0 spiro atoms. The third kappa shape index (κ3) is 1.35. The van der Waals surface area contributed by atoms with E-state index in [9.17, 15) is 0 Å². The standard InChI is InChI=1S/C11H14NS/c1-4-11-12(3)9-6-5-8(2)7-10(9)13-11/h5-7H,4H2,1-3H3/q+1. The summed E-state index contributed by atoms with van der Waals surface area (Å²) in [6.07, 6.45) is 1.12. The average molecular weight is 192 g/mol.